The van der Waals surface area contributed by atoms with Crippen LogP contribution in [0.15, 0.2) is 0 Å². The van der Waals surface area contributed by atoms with E-state index in [4.69, 9.17) is 15.4 Å². The number of hydrogen-bond donors (Lipinski definition) is 1. The van der Waals surface area contributed by atoms with Gasteiger partial charge in [0.15, 0.2) is 0 Å². The van der Waals surface area contributed by atoms with Gasteiger partial charge in [-0.25, -0.2) is 5.26 Å². The first-order valence-electron chi connectivity index (χ1n) is 2.14. The average molecular weight is 123 g/mol. The maximum atomic E-state index is 8.70. The minimum Gasteiger partial charge on any atom is -0.214 e. The highest BCUT2D eigenvalue weighted by Crippen LogP contribution is 1.56. The molecule has 0 aliphatic carbocycles. The normalized spacial score (nSPS) is 6.38. The minimum absolute atomic E-state index is 1.25. The summed E-state index contributed by atoms with van der Waals surface area (Å²) in [6, 6.07) is 0. The molecule has 0 aliphatic heterocycles. The lowest BCUT2D eigenvalue weighted by Crippen LogP contribution is -1.92. The average Bonchev–Trinajstić information content (AvgIpc) is 1.69. The van der Waals surface area contributed by atoms with Crippen molar-refractivity contribution in [2.24, 2.45) is 0 Å². The molecular weight excluding hydrogens is 114 g/mol. The van der Waals surface area contributed by atoms with Crippen molar-refractivity contribution >= 4 is 0 Å². The van der Waals surface area contributed by atoms with Gasteiger partial charge in [0.1, 0.15) is 0 Å². The molecule has 0 rings (SSSR count). The van der Waals surface area contributed by atoms with Crippen LogP contribution in [-0.2, 0) is 4.99 Å². The second-order valence-corrected chi connectivity index (χ2v) is 1.01. The first-order valence-corrected chi connectivity index (χ1v) is 2.14. The zero-order valence-electron chi connectivity index (χ0n) is 4.83. The molecule has 50 valence electrons. The second-order valence-electron chi connectivity index (χ2n) is 1.01. The van der Waals surface area contributed by atoms with Crippen molar-refractivity contribution in [2.45, 2.75) is 20.3 Å². The van der Waals surface area contributed by atoms with Gasteiger partial charge in [0.25, 0.3) is 0 Å². The van der Waals surface area contributed by atoms with E-state index in [-0.39, 0.29) is 0 Å². The topological polar surface area (TPSA) is 72.6 Å². The number of nitrogens with zero attached hydrogens (tertiary/aromatic N) is 1. The summed E-state index contributed by atoms with van der Waals surface area (Å²) >= 11 is 0. The molecule has 0 spiro atoms. The highest BCUT2D eigenvalue weighted by molar-refractivity contribution is 3.92. The molecule has 0 amide bonds. The quantitative estimate of drug-likeness (QED) is 0.321. The van der Waals surface area contributed by atoms with Crippen molar-refractivity contribution in [2.75, 3.05) is 0 Å². The van der Waals surface area contributed by atoms with Crippen LogP contribution in [0.4, 0.5) is 0 Å². The molecule has 1 N–H and O–H groups in total. The largest absolute Gasteiger partial charge is 0.322 e. The lowest BCUT2D eigenvalue weighted by Gasteiger charge is -1.72. The van der Waals surface area contributed by atoms with Crippen LogP contribution in [0.5, 0.6) is 0 Å². The van der Waals surface area contributed by atoms with Crippen LogP contribution in [-0.4, -0.2) is 10.3 Å². The first kappa shape index (κ1) is 10.2. The molecule has 0 aromatic heterocycles. The van der Waals surface area contributed by atoms with Gasteiger partial charge in [-0.1, -0.05) is 20.3 Å². The zero-order chi connectivity index (χ0) is 6.99. The third-order valence-corrected chi connectivity index (χ3v) is 0.0667. The van der Waals surface area contributed by atoms with Gasteiger partial charge >= 0.3 is 5.09 Å². The fourth-order valence-corrected chi connectivity index (χ4v) is 0. The lowest BCUT2D eigenvalue weighted by atomic mass is 10.6. The Morgan fingerprint density at radius 2 is 1.88 bits per heavy atom. The highest BCUT2D eigenvalue weighted by Gasteiger charge is 1.80. The third-order valence-electron chi connectivity index (χ3n) is 0.0667. The van der Waals surface area contributed by atoms with Crippen molar-refractivity contribution < 1.29 is 15.3 Å². The van der Waals surface area contributed by atoms with Gasteiger partial charge in [-0.3, -0.25) is 0 Å². The maximum absolute atomic E-state index is 8.70. The Balaban J connectivity index is 0. The molecule has 0 saturated carbocycles. The van der Waals surface area contributed by atoms with Gasteiger partial charge in [0.05, 0.1) is 0 Å². The van der Waals surface area contributed by atoms with E-state index in [1.54, 1.807) is 0 Å². The van der Waals surface area contributed by atoms with E-state index >= 15 is 0 Å². The van der Waals surface area contributed by atoms with E-state index in [0.717, 1.165) is 0 Å². The first-order chi connectivity index (χ1) is 3.68. The Kier molecular flexibility index (Phi) is 12.1. The van der Waals surface area contributed by atoms with Crippen molar-refractivity contribution in [1.29, 1.82) is 0 Å². The van der Waals surface area contributed by atoms with Crippen LogP contribution in [0.3, 0.4) is 0 Å². The van der Waals surface area contributed by atoms with Crippen molar-refractivity contribution in [3.05, 3.63) is 10.1 Å². The molecule has 5 heteroatoms. The van der Waals surface area contributed by atoms with E-state index in [0.29, 0.717) is 0 Å². The minimum atomic E-state index is -1.32. The van der Waals surface area contributed by atoms with E-state index in [2.05, 4.69) is 18.8 Å². The monoisotopic (exact) mass is 123 g/mol. The summed E-state index contributed by atoms with van der Waals surface area (Å²) in [7, 11) is 0. The van der Waals surface area contributed by atoms with Gasteiger partial charge in [0, 0.05) is 0 Å². The molecule has 0 aromatic rings. The van der Waals surface area contributed by atoms with Crippen molar-refractivity contribution in [3.63, 3.8) is 0 Å². The summed E-state index contributed by atoms with van der Waals surface area (Å²) in [5, 5.41) is 14.3. The van der Waals surface area contributed by atoms with Gasteiger partial charge in [-0.2, -0.15) is 0 Å². The maximum Gasteiger partial charge on any atom is 0.322 e. The second kappa shape index (κ2) is 9.48. The smallest absolute Gasteiger partial charge is 0.214 e. The third kappa shape index (κ3) is 66.4. The van der Waals surface area contributed by atoms with Crippen LogP contribution in [0.25, 0.3) is 0 Å². The SMILES string of the molecule is CCC.O=[N+]([O-])OO. The summed E-state index contributed by atoms with van der Waals surface area (Å²) in [6.07, 6.45) is 1.25. The van der Waals surface area contributed by atoms with Crippen LogP contribution >= 0.6 is 0 Å². The molecule has 0 bridgehead atoms. The summed E-state index contributed by atoms with van der Waals surface area (Å²) < 4.78 is 0. The van der Waals surface area contributed by atoms with Gasteiger partial charge in [0.2, 0.25) is 0 Å². The molecule has 0 saturated heterocycles. The number of rotatable bonds is 1. The predicted molar refractivity (Wildman–Crippen MR) is 26.7 cm³/mol. The Labute approximate surface area is 46.9 Å². The molecule has 0 heterocycles. The van der Waals surface area contributed by atoms with Gasteiger partial charge < -0.3 is 0 Å². The van der Waals surface area contributed by atoms with Crippen molar-refractivity contribution in [3.8, 4) is 0 Å². The standard InChI is InChI=1S/C3H8.HNO4/c1-3-2;2-1(3)5-4/h3H2,1-2H3;4H. The molecule has 0 aromatic carbocycles. The Hall–Kier alpha value is -0.840. The molecule has 0 fully saturated rings. The van der Waals surface area contributed by atoms with Crippen LogP contribution in [0, 0.1) is 10.1 Å². The summed E-state index contributed by atoms with van der Waals surface area (Å²) in [6.45, 7) is 4.25. The Bertz CT molecular complexity index is 55.2. The summed E-state index contributed by atoms with van der Waals surface area (Å²) in [5.41, 5.74) is 0. The van der Waals surface area contributed by atoms with Crippen molar-refractivity contribution in [1.82, 2.24) is 0 Å². The molecule has 0 radical (unpaired) electrons. The van der Waals surface area contributed by atoms with Gasteiger partial charge in [-0.05, 0) is 0 Å². The Morgan fingerprint density at radius 1 is 1.75 bits per heavy atom. The number of hydrogen-bond acceptors (Lipinski definition) is 4. The van der Waals surface area contributed by atoms with E-state index in [1.807, 2.05) is 0 Å². The van der Waals surface area contributed by atoms with E-state index in [9.17, 15) is 0 Å². The van der Waals surface area contributed by atoms with Crippen LogP contribution < -0.4 is 0 Å². The lowest BCUT2D eigenvalue weighted by molar-refractivity contribution is -0.846. The predicted octanol–water partition coefficient (Wildman–Crippen LogP) is 1.08. The molecule has 8 heavy (non-hydrogen) atoms. The fraction of sp³-hybridized carbons (Fsp3) is 1.00. The Morgan fingerprint density at radius 3 is 1.88 bits per heavy atom. The zero-order valence-corrected chi connectivity index (χ0v) is 4.83. The molecular formula is C3H9NO4. The summed E-state index contributed by atoms with van der Waals surface area (Å²) in [5.74, 6) is 0. The molecule has 0 unspecified atom stereocenters. The summed E-state index contributed by atoms with van der Waals surface area (Å²) in [4.78, 5) is 11.2. The highest BCUT2D eigenvalue weighted by atomic mass is 17.3. The van der Waals surface area contributed by atoms with Crippen LogP contribution in [0.2, 0.25) is 0 Å². The fourth-order valence-electron chi connectivity index (χ4n) is 0. The molecule has 0 aliphatic rings. The molecule has 0 atom stereocenters. The van der Waals surface area contributed by atoms with Gasteiger partial charge in [-0.15, -0.1) is 15.1 Å². The van der Waals surface area contributed by atoms with E-state index < -0.39 is 5.09 Å². The molecule has 5 nitrogen and oxygen atoms in total. The van der Waals surface area contributed by atoms with E-state index in [1.165, 1.54) is 6.42 Å². The van der Waals surface area contributed by atoms with Crippen LogP contribution in [0.1, 0.15) is 20.3 Å².